The molecule has 12 nitrogen and oxygen atoms in total. The third-order valence-electron chi connectivity index (χ3n) is 5.95. The van der Waals surface area contributed by atoms with Gasteiger partial charge in [0.2, 0.25) is 11.9 Å². The molecule has 0 unspecified atom stereocenters. The summed E-state index contributed by atoms with van der Waals surface area (Å²) >= 11 is 0. The average Bonchev–Trinajstić information content (AvgIpc) is 3.49. The molecular formula is C23H27N11O. The number of H-pyrrole nitrogens is 1. The van der Waals surface area contributed by atoms with Crippen molar-refractivity contribution in [2.24, 2.45) is 11.1 Å². The first-order valence-electron chi connectivity index (χ1n) is 11.3. The minimum Gasteiger partial charge on any atom is -0.351 e. The summed E-state index contributed by atoms with van der Waals surface area (Å²) in [5.74, 6) is 2.49. The van der Waals surface area contributed by atoms with Gasteiger partial charge in [-0.2, -0.15) is 15.2 Å². The zero-order valence-corrected chi connectivity index (χ0v) is 19.6. The average molecular weight is 474 g/mol. The molecule has 5 rings (SSSR count). The first kappa shape index (κ1) is 22.5. The van der Waals surface area contributed by atoms with Crippen LogP contribution in [0.15, 0.2) is 48.9 Å². The van der Waals surface area contributed by atoms with E-state index >= 15 is 0 Å². The normalized spacial score (nSPS) is 14.4. The van der Waals surface area contributed by atoms with E-state index in [1.165, 1.54) is 0 Å². The Morgan fingerprint density at radius 1 is 1.20 bits per heavy atom. The second-order valence-corrected chi connectivity index (χ2v) is 8.75. The molecular weight excluding hydrogens is 446 g/mol. The summed E-state index contributed by atoms with van der Waals surface area (Å²) < 4.78 is 1.68. The summed E-state index contributed by atoms with van der Waals surface area (Å²) in [6.45, 7) is 5.31. The number of hydrogen-bond acceptors (Lipinski definition) is 9. The van der Waals surface area contributed by atoms with E-state index in [0.29, 0.717) is 43.0 Å². The Balaban J connectivity index is 1.20. The van der Waals surface area contributed by atoms with Crippen LogP contribution in [-0.4, -0.2) is 60.5 Å². The van der Waals surface area contributed by atoms with Gasteiger partial charge in [0, 0.05) is 68.3 Å². The van der Waals surface area contributed by atoms with Crippen molar-refractivity contribution >= 4 is 23.5 Å². The zero-order chi connectivity index (χ0) is 24.4. The maximum atomic E-state index is 13.0. The van der Waals surface area contributed by atoms with Crippen LogP contribution in [0.4, 0.5) is 17.6 Å². The van der Waals surface area contributed by atoms with Crippen LogP contribution in [-0.2, 0) is 11.3 Å². The lowest BCUT2D eigenvalue weighted by Crippen LogP contribution is -2.66. The van der Waals surface area contributed by atoms with Gasteiger partial charge in [-0.25, -0.2) is 14.6 Å². The summed E-state index contributed by atoms with van der Waals surface area (Å²) in [5.41, 5.74) is 8.00. The van der Waals surface area contributed by atoms with Gasteiger partial charge in [-0.3, -0.25) is 9.89 Å². The van der Waals surface area contributed by atoms with Crippen molar-refractivity contribution in [2.45, 2.75) is 20.4 Å². The number of aryl methyl sites for hydroxylation is 2. The predicted octanol–water partition coefficient (Wildman–Crippen LogP) is 1.22. The van der Waals surface area contributed by atoms with Crippen molar-refractivity contribution in [2.75, 3.05) is 29.9 Å². The van der Waals surface area contributed by atoms with E-state index in [1.54, 1.807) is 17.1 Å². The third-order valence-corrected chi connectivity index (χ3v) is 5.95. The fourth-order valence-electron chi connectivity index (χ4n) is 3.99. The number of nitrogens with zero attached hydrogens (tertiary/aromatic N) is 7. The molecule has 0 atom stereocenters. The van der Waals surface area contributed by atoms with Gasteiger partial charge in [0.25, 0.3) is 0 Å². The summed E-state index contributed by atoms with van der Waals surface area (Å²) in [4.78, 5) is 28.6. The Kier molecular flexibility index (Phi) is 5.87. The van der Waals surface area contributed by atoms with Crippen molar-refractivity contribution in [1.82, 2.24) is 40.2 Å². The molecule has 4 aromatic rings. The molecule has 0 spiro atoms. The van der Waals surface area contributed by atoms with E-state index in [2.05, 4.69) is 40.9 Å². The smallest absolute Gasteiger partial charge is 0.231 e. The highest BCUT2D eigenvalue weighted by molar-refractivity contribution is 5.86. The maximum Gasteiger partial charge on any atom is 0.231 e. The summed E-state index contributed by atoms with van der Waals surface area (Å²) in [6.07, 6.45) is 5.25. The highest BCUT2D eigenvalue weighted by atomic mass is 16.2. The molecule has 0 saturated carbocycles. The molecule has 1 fully saturated rings. The molecule has 5 heterocycles. The number of aromatic nitrogens is 7. The van der Waals surface area contributed by atoms with Crippen LogP contribution in [0, 0.1) is 19.3 Å². The van der Waals surface area contributed by atoms with Crippen LogP contribution in [0.5, 0.6) is 0 Å². The van der Waals surface area contributed by atoms with Crippen molar-refractivity contribution in [1.29, 1.82) is 0 Å². The molecule has 1 aliphatic rings. The highest BCUT2D eigenvalue weighted by Gasteiger charge is 2.49. The zero-order valence-electron chi connectivity index (χ0n) is 19.6. The number of anilines is 3. The van der Waals surface area contributed by atoms with E-state index in [4.69, 9.17) is 5.73 Å². The van der Waals surface area contributed by atoms with Crippen LogP contribution in [0.3, 0.4) is 0 Å². The molecule has 12 heteroatoms. The number of amides is 1. The Hall–Kier alpha value is -4.32. The van der Waals surface area contributed by atoms with E-state index in [-0.39, 0.29) is 12.5 Å². The number of nitrogens with two attached hydrogens (primary N) is 1. The fourth-order valence-corrected chi connectivity index (χ4v) is 3.99. The largest absolute Gasteiger partial charge is 0.351 e. The van der Waals surface area contributed by atoms with Gasteiger partial charge >= 0.3 is 0 Å². The minimum atomic E-state index is -0.692. The Morgan fingerprint density at radius 2 is 2.06 bits per heavy atom. The molecule has 5 N–H and O–H groups in total. The van der Waals surface area contributed by atoms with Gasteiger partial charge in [0.1, 0.15) is 5.82 Å². The highest BCUT2D eigenvalue weighted by Crippen LogP contribution is 2.33. The van der Waals surface area contributed by atoms with Gasteiger partial charge in [-0.1, -0.05) is 6.07 Å². The molecule has 0 aliphatic carbocycles. The SMILES string of the molecule is Cc1cc(Nc2cc(C)[nH]n2)nc(N2CC(CN)(C(=O)NCc3ccc(-n4cccn4)nc3)C2)n1. The predicted molar refractivity (Wildman–Crippen MR) is 130 cm³/mol. The fraction of sp³-hybridized carbons (Fsp3) is 0.304. The van der Waals surface area contributed by atoms with E-state index in [1.807, 2.05) is 55.3 Å². The molecule has 1 amide bonds. The molecule has 180 valence electrons. The maximum absolute atomic E-state index is 13.0. The molecule has 4 aromatic heterocycles. The third kappa shape index (κ3) is 4.68. The lowest BCUT2D eigenvalue weighted by molar-refractivity contribution is -0.132. The first-order valence-corrected chi connectivity index (χ1v) is 11.3. The monoisotopic (exact) mass is 473 g/mol. The quantitative estimate of drug-likeness (QED) is 0.295. The van der Waals surface area contributed by atoms with Crippen LogP contribution in [0.1, 0.15) is 17.0 Å². The second-order valence-electron chi connectivity index (χ2n) is 8.75. The topological polar surface area (TPSA) is 156 Å². The molecule has 0 bridgehead atoms. The van der Waals surface area contributed by atoms with Crippen molar-refractivity contribution in [3.8, 4) is 5.82 Å². The Bertz CT molecular complexity index is 1310. The van der Waals surface area contributed by atoms with Crippen LogP contribution in [0.2, 0.25) is 0 Å². The number of nitrogens with one attached hydrogen (secondary N) is 3. The summed E-state index contributed by atoms with van der Waals surface area (Å²) in [7, 11) is 0. The van der Waals surface area contributed by atoms with Gasteiger partial charge < -0.3 is 21.3 Å². The molecule has 35 heavy (non-hydrogen) atoms. The number of rotatable bonds is 8. The van der Waals surface area contributed by atoms with Crippen molar-refractivity contribution < 1.29 is 4.79 Å². The number of pyridine rings is 1. The van der Waals surface area contributed by atoms with Crippen molar-refractivity contribution in [3.05, 3.63) is 65.9 Å². The Morgan fingerprint density at radius 3 is 2.71 bits per heavy atom. The lowest BCUT2D eigenvalue weighted by atomic mass is 9.79. The molecule has 1 aliphatic heterocycles. The minimum absolute atomic E-state index is 0.0922. The summed E-state index contributed by atoms with van der Waals surface area (Å²) in [5, 5.41) is 17.4. The number of aromatic amines is 1. The van der Waals surface area contributed by atoms with Crippen LogP contribution in [0.25, 0.3) is 5.82 Å². The van der Waals surface area contributed by atoms with Gasteiger partial charge in [-0.15, -0.1) is 0 Å². The molecule has 0 aromatic carbocycles. The molecule has 1 saturated heterocycles. The van der Waals surface area contributed by atoms with Gasteiger partial charge in [0.05, 0.1) is 5.41 Å². The summed E-state index contributed by atoms with van der Waals surface area (Å²) in [6, 6.07) is 9.36. The van der Waals surface area contributed by atoms with E-state index in [9.17, 15) is 4.79 Å². The van der Waals surface area contributed by atoms with Gasteiger partial charge in [0.15, 0.2) is 11.6 Å². The Labute approximate surface area is 202 Å². The van der Waals surface area contributed by atoms with Crippen LogP contribution < -0.4 is 21.3 Å². The second kappa shape index (κ2) is 9.14. The van der Waals surface area contributed by atoms with E-state index in [0.717, 1.165) is 17.0 Å². The van der Waals surface area contributed by atoms with E-state index < -0.39 is 5.41 Å². The number of hydrogen-bond donors (Lipinski definition) is 4. The molecule has 0 radical (unpaired) electrons. The van der Waals surface area contributed by atoms with Crippen molar-refractivity contribution in [3.63, 3.8) is 0 Å². The standard InChI is InChI=1S/C23H27N11O/c1-15-8-18(29-19-9-16(2)31-32-19)30-22(28-15)33-13-23(12-24,14-33)21(35)26-11-17-4-5-20(25-10-17)34-7-3-6-27-34/h3-10H,11-14,24H2,1-2H3,(H,26,35)(H2,28,29,30,31,32). The van der Waals surface area contributed by atoms with Gasteiger partial charge in [-0.05, 0) is 31.5 Å². The van der Waals surface area contributed by atoms with Crippen LogP contribution >= 0.6 is 0 Å². The number of carbonyl (C=O) groups excluding carboxylic acids is 1. The number of carbonyl (C=O) groups is 1. The lowest BCUT2D eigenvalue weighted by Gasteiger charge is -2.48. The first-order chi connectivity index (χ1) is 16.9.